The molecule has 1 aromatic carbocycles. The third-order valence-electron chi connectivity index (χ3n) is 3.68. The molecule has 25 heavy (non-hydrogen) atoms. The summed E-state index contributed by atoms with van der Waals surface area (Å²) in [5.41, 5.74) is 0.598. The van der Waals surface area contributed by atoms with Gasteiger partial charge in [-0.05, 0) is 37.3 Å². The number of anilines is 2. The van der Waals surface area contributed by atoms with Gasteiger partial charge in [-0.25, -0.2) is 13.4 Å². The summed E-state index contributed by atoms with van der Waals surface area (Å²) in [4.78, 5) is 17.2. The number of pyridine rings is 1. The molecule has 1 atom stereocenters. The van der Waals surface area contributed by atoms with E-state index in [9.17, 15) is 13.2 Å². The third-order valence-corrected chi connectivity index (χ3v) is 5.35. The molecular weight excluding hydrogens is 366 g/mol. The third kappa shape index (κ3) is 3.54. The fourth-order valence-electron chi connectivity index (χ4n) is 2.55. The van der Waals surface area contributed by atoms with Crippen LogP contribution in [-0.2, 0) is 14.8 Å². The van der Waals surface area contributed by atoms with Crippen LogP contribution in [0, 0.1) is 0 Å². The summed E-state index contributed by atoms with van der Waals surface area (Å²) >= 11 is 5.90. The Balaban J connectivity index is 2.00. The van der Waals surface area contributed by atoms with Gasteiger partial charge < -0.3 is 9.64 Å². The van der Waals surface area contributed by atoms with Crippen molar-refractivity contribution in [3.05, 3.63) is 41.7 Å². The van der Waals surface area contributed by atoms with Gasteiger partial charge in [0.2, 0.25) is 5.91 Å². The number of aromatic nitrogens is 1. The van der Waals surface area contributed by atoms with Gasteiger partial charge in [0.25, 0.3) is 10.0 Å². The normalized spacial score (nSPS) is 16.8. The molecule has 132 valence electrons. The first-order chi connectivity index (χ1) is 11.8. The summed E-state index contributed by atoms with van der Waals surface area (Å²) in [5.74, 6) is 0.279. The molecule has 2 heterocycles. The summed E-state index contributed by atoms with van der Waals surface area (Å²) in [6.07, 6.45) is 1.29. The first kappa shape index (κ1) is 17.5. The Labute approximate surface area is 150 Å². The van der Waals surface area contributed by atoms with Crippen molar-refractivity contribution in [2.45, 2.75) is 24.8 Å². The molecule has 1 amide bonds. The van der Waals surface area contributed by atoms with Crippen molar-refractivity contribution in [2.24, 2.45) is 0 Å². The molecule has 1 N–H and O–H groups in total. The smallest absolute Gasteiger partial charge is 0.262 e. The van der Waals surface area contributed by atoms with Crippen LogP contribution in [0.1, 0.15) is 13.8 Å². The fourth-order valence-corrected chi connectivity index (χ4v) is 3.86. The minimum atomic E-state index is -3.90. The first-order valence-electron chi connectivity index (χ1n) is 7.50. The lowest BCUT2D eigenvalue weighted by molar-refractivity contribution is -0.117. The maximum atomic E-state index is 12.6. The Hall–Kier alpha value is -2.32. The number of carbonyl (C=O) groups excluding carboxylic acids is 1. The Kier molecular flexibility index (Phi) is 4.57. The van der Waals surface area contributed by atoms with Crippen LogP contribution < -0.4 is 14.4 Å². The van der Waals surface area contributed by atoms with Crippen molar-refractivity contribution in [1.82, 2.24) is 4.98 Å². The molecule has 0 aliphatic carbocycles. The number of halogens is 1. The van der Waals surface area contributed by atoms with Gasteiger partial charge >= 0.3 is 0 Å². The first-order valence-corrected chi connectivity index (χ1v) is 9.36. The fraction of sp³-hybridized carbons (Fsp3) is 0.250. The van der Waals surface area contributed by atoms with Crippen molar-refractivity contribution in [3.63, 3.8) is 0 Å². The molecule has 1 aliphatic rings. The molecule has 2 aromatic rings. The van der Waals surface area contributed by atoms with E-state index >= 15 is 0 Å². The average Bonchev–Trinajstić information content (AvgIpc) is 2.55. The number of benzene rings is 1. The van der Waals surface area contributed by atoms with Crippen LogP contribution in [0.4, 0.5) is 11.4 Å². The second-order valence-electron chi connectivity index (χ2n) is 5.63. The zero-order valence-corrected chi connectivity index (χ0v) is 15.1. The van der Waals surface area contributed by atoms with Gasteiger partial charge in [-0.3, -0.25) is 9.52 Å². The monoisotopic (exact) mass is 381 g/mol. The number of carbonyl (C=O) groups is 1. The van der Waals surface area contributed by atoms with Crippen molar-refractivity contribution in [2.75, 3.05) is 16.2 Å². The molecule has 0 bridgehead atoms. The van der Waals surface area contributed by atoms with E-state index in [2.05, 4.69) is 9.71 Å². The van der Waals surface area contributed by atoms with Crippen molar-refractivity contribution in [1.29, 1.82) is 0 Å². The van der Waals surface area contributed by atoms with E-state index in [1.165, 1.54) is 36.2 Å². The number of sulfonamides is 1. The van der Waals surface area contributed by atoms with Gasteiger partial charge in [-0.2, -0.15) is 0 Å². The van der Waals surface area contributed by atoms with E-state index < -0.39 is 10.0 Å². The predicted molar refractivity (Wildman–Crippen MR) is 94.6 cm³/mol. The molecule has 0 saturated heterocycles. The van der Waals surface area contributed by atoms with Crippen LogP contribution in [-0.4, -0.2) is 32.0 Å². The number of nitrogens with zero attached hydrogens (tertiary/aromatic N) is 2. The molecule has 7 nitrogen and oxygen atoms in total. The topological polar surface area (TPSA) is 88.6 Å². The van der Waals surface area contributed by atoms with E-state index in [0.29, 0.717) is 18.0 Å². The second kappa shape index (κ2) is 6.53. The number of fused-ring (bicyclic) bond motifs is 1. The lowest BCUT2D eigenvalue weighted by Crippen LogP contribution is -2.41. The summed E-state index contributed by atoms with van der Waals surface area (Å²) in [6, 6.07) is 7.46. The zero-order valence-electron chi connectivity index (χ0n) is 13.6. The van der Waals surface area contributed by atoms with Gasteiger partial charge in [-0.1, -0.05) is 11.6 Å². The number of rotatable bonds is 3. The molecule has 0 fully saturated rings. The molecule has 0 spiro atoms. The van der Waals surface area contributed by atoms with Gasteiger partial charge in [0, 0.05) is 13.1 Å². The van der Waals surface area contributed by atoms with Gasteiger partial charge in [-0.15, -0.1) is 0 Å². The highest BCUT2D eigenvalue weighted by Crippen LogP contribution is 2.36. The highest BCUT2D eigenvalue weighted by Gasteiger charge is 2.28. The van der Waals surface area contributed by atoms with Crippen molar-refractivity contribution in [3.8, 4) is 5.75 Å². The van der Waals surface area contributed by atoms with E-state index in [1.807, 2.05) is 6.92 Å². The summed E-state index contributed by atoms with van der Waals surface area (Å²) in [5, 5.41) is 0.0477. The van der Waals surface area contributed by atoms with E-state index in [0.717, 1.165) is 0 Å². The van der Waals surface area contributed by atoms with Crippen LogP contribution in [0.25, 0.3) is 0 Å². The molecule has 1 aliphatic heterocycles. The summed E-state index contributed by atoms with van der Waals surface area (Å²) < 4.78 is 33.4. The largest absolute Gasteiger partial charge is 0.487 e. The maximum absolute atomic E-state index is 12.6. The number of ether oxygens (including phenoxy) is 1. The number of hydrogen-bond acceptors (Lipinski definition) is 5. The number of amides is 1. The summed E-state index contributed by atoms with van der Waals surface area (Å²) in [7, 11) is -3.90. The number of hydrogen-bond donors (Lipinski definition) is 1. The Morgan fingerprint density at radius 3 is 2.84 bits per heavy atom. The van der Waals surface area contributed by atoms with Gasteiger partial charge in [0.1, 0.15) is 11.9 Å². The van der Waals surface area contributed by atoms with Crippen LogP contribution in [0.5, 0.6) is 5.75 Å². The van der Waals surface area contributed by atoms with Crippen LogP contribution in [0.15, 0.2) is 41.4 Å². The summed E-state index contributed by atoms with van der Waals surface area (Å²) in [6.45, 7) is 3.62. The molecule has 0 saturated carbocycles. The van der Waals surface area contributed by atoms with E-state index in [1.54, 1.807) is 12.1 Å². The van der Waals surface area contributed by atoms with E-state index in [-0.39, 0.29) is 27.7 Å². The zero-order chi connectivity index (χ0) is 18.2. The van der Waals surface area contributed by atoms with Crippen LogP contribution >= 0.6 is 11.6 Å². The van der Waals surface area contributed by atoms with Gasteiger partial charge in [0.05, 0.1) is 22.8 Å². The highest BCUT2D eigenvalue weighted by molar-refractivity contribution is 7.92. The van der Waals surface area contributed by atoms with Crippen molar-refractivity contribution < 1.29 is 17.9 Å². The Morgan fingerprint density at radius 1 is 1.40 bits per heavy atom. The number of nitrogens with one attached hydrogen (secondary N) is 1. The van der Waals surface area contributed by atoms with E-state index in [4.69, 9.17) is 16.3 Å². The van der Waals surface area contributed by atoms with Crippen molar-refractivity contribution >= 4 is 38.9 Å². The highest BCUT2D eigenvalue weighted by atomic mass is 35.5. The molecule has 1 aromatic heterocycles. The molecule has 3 rings (SSSR count). The second-order valence-corrected chi connectivity index (χ2v) is 7.68. The maximum Gasteiger partial charge on any atom is 0.262 e. The minimum absolute atomic E-state index is 0.00410. The minimum Gasteiger partial charge on any atom is -0.487 e. The average molecular weight is 382 g/mol. The lowest BCUT2D eigenvalue weighted by atomic mass is 10.2. The molecular formula is C16H16ClN3O4S. The van der Waals surface area contributed by atoms with Crippen LogP contribution in [0.2, 0.25) is 5.15 Å². The molecule has 0 radical (unpaired) electrons. The van der Waals surface area contributed by atoms with Crippen LogP contribution in [0.3, 0.4) is 0 Å². The molecule has 9 heteroatoms. The predicted octanol–water partition coefficient (Wildman–Crippen LogP) is 2.67. The Morgan fingerprint density at radius 2 is 2.16 bits per heavy atom. The Bertz CT molecular complexity index is 933. The quantitative estimate of drug-likeness (QED) is 0.826. The SMILES string of the molecule is CC(=O)N1CC(C)Oc2ccc(S(=O)(=O)Nc3cccnc3Cl)cc21. The molecule has 1 unspecified atom stereocenters. The lowest BCUT2D eigenvalue weighted by Gasteiger charge is -2.33. The van der Waals surface area contributed by atoms with Gasteiger partial charge in [0.15, 0.2) is 5.15 Å². The standard InChI is InChI=1S/C16H16ClN3O4S/c1-10-9-20(11(2)21)14-8-12(5-6-15(14)24-10)25(22,23)19-13-4-3-7-18-16(13)17/h3-8,10,19H,9H2,1-2H3.